The molecule has 4 heteroatoms. The van der Waals surface area contributed by atoms with E-state index in [2.05, 4.69) is 24.3 Å². The molecule has 1 aromatic rings. The van der Waals surface area contributed by atoms with E-state index in [4.69, 9.17) is 0 Å². The lowest BCUT2D eigenvalue weighted by atomic mass is 10.1. The van der Waals surface area contributed by atoms with Gasteiger partial charge in [-0.2, -0.15) is 0 Å². The van der Waals surface area contributed by atoms with Gasteiger partial charge >= 0.3 is 0 Å². The molecule has 21 heavy (non-hydrogen) atoms. The first-order valence-electron chi connectivity index (χ1n) is 7.83. The van der Waals surface area contributed by atoms with Crippen LogP contribution in [0.1, 0.15) is 50.6 Å². The van der Waals surface area contributed by atoms with Crippen LogP contribution in [-0.2, 0) is 0 Å². The minimum Gasteiger partial charge on any atom is -0.310 e. The number of rotatable bonds is 10. The van der Waals surface area contributed by atoms with E-state index < -0.39 is 11.6 Å². The number of hydrogen-bond acceptors (Lipinski definition) is 2. The fourth-order valence-corrected chi connectivity index (χ4v) is 2.34. The molecular formula is C17H28F2N2. The van der Waals surface area contributed by atoms with Gasteiger partial charge in [-0.15, -0.1) is 0 Å². The molecule has 0 radical (unpaired) electrons. The average Bonchev–Trinajstić information content (AvgIpc) is 2.40. The third-order valence-electron chi connectivity index (χ3n) is 3.62. The molecule has 1 N–H and O–H groups in total. The van der Waals surface area contributed by atoms with E-state index in [9.17, 15) is 8.78 Å². The van der Waals surface area contributed by atoms with E-state index >= 15 is 0 Å². The molecule has 0 aliphatic carbocycles. The van der Waals surface area contributed by atoms with E-state index in [1.165, 1.54) is 37.8 Å². The number of hydrogen-bond donors (Lipinski definition) is 1. The molecule has 1 rings (SSSR count). The Morgan fingerprint density at radius 1 is 0.952 bits per heavy atom. The summed E-state index contributed by atoms with van der Waals surface area (Å²) in [6.07, 6.45) is 6.06. The highest BCUT2D eigenvalue weighted by molar-refractivity contribution is 5.20. The lowest BCUT2D eigenvalue weighted by Crippen LogP contribution is -2.20. The van der Waals surface area contributed by atoms with Crippen molar-refractivity contribution in [3.05, 3.63) is 35.4 Å². The highest BCUT2D eigenvalue weighted by atomic mass is 19.1. The Labute approximate surface area is 127 Å². The Hall–Kier alpha value is -1.00. The average molecular weight is 298 g/mol. The SMILES string of the molecule is CC(NCCCCCCCN(C)C)c1cc(F)cc(F)c1. The second-order valence-corrected chi connectivity index (χ2v) is 5.95. The van der Waals surface area contributed by atoms with Crippen LogP contribution in [0.2, 0.25) is 0 Å². The fraction of sp³-hybridized carbons (Fsp3) is 0.647. The van der Waals surface area contributed by atoms with Crippen LogP contribution >= 0.6 is 0 Å². The van der Waals surface area contributed by atoms with Gasteiger partial charge in [0.1, 0.15) is 11.6 Å². The topological polar surface area (TPSA) is 15.3 Å². The largest absolute Gasteiger partial charge is 0.310 e. The van der Waals surface area contributed by atoms with Gasteiger partial charge in [0, 0.05) is 12.1 Å². The zero-order valence-corrected chi connectivity index (χ0v) is 13.5. The summed E-state index contributed by atoms with van der Waals surface area (Å²) in [5, 5.41) is 3.32. The Kier molecular flexibility index (Phi) is 8.47. The van der Waals surface area contributed by atoms with Crippen molar-refractivity contribution >= 4 is 0 Å². The van der Waals surface area contributed by atoms with Crippen LogP contribution in [0.3, 0.4) is 0 Å². The molecule has 1 unspecified atom stereocenters. The first-order chi connectivity index (χ1) is 9.99. The predicted molar refractivity (Wildman–Crippen MR) is 84.4 cm³/mol. The number of nitrogens with one attached hydrogen (secondary N) is 1. The molecule has 0 bridgehead atoms. The van der Waals surface area contributed by atoms with E-state index in [-0.39, 0.29) is 6.04 Å². The van der Waals surface area contributed by atoms with Gasteiger partial charge in [0.15, 0.2) is 0 Å². The van der Waals surface area contributed by atoms with Crippen LogP contribution in [-0.4, -0.2) is 32.1 Å². The van der Waals surface area contributed by atoms with Gasteiger partial charge in [-0.1, -0.05) is 19.3 Å². The minimum atomic E-state index is -0.514. The molecule has 0 saturated heterocycles. The highest BCUT2D eigenvalue weighted by Crippen LogP contribution is 2.16. The van der Waals surface area contributed by atoms with Gasteiger partial charge in [0.05, 0.1) is 0 Å². The number of benzene rings is 1. The van der Waals surface area contributed by atoms with E-state index in [0.717, 1.165) is 25.6 Å². The summed E-state index contributed by atoms with van der Waals surface area (Å²) in [7, 11) is 4.20. The van der Waals surface area contributed by atoms with Crippen LogP contribution in [0.4, 0.5) is 8.78 Å². The summed E-state index contributed by atoms with van der Waals surface area (Å²) < 4.78 is 26.3. The maximum absolute atomic E-state index is 13.1. The number of halogens is 2. The second kappa shape index (κ2) is 9.85. The molecule has 0 aromatic heterocycles. The summed E-state index contributed by atoms with van der Waals surface area (Å²) in [6, 6.07) is 3.66. The second-order valence-electron chi connectivity index (χ2n) is 5.95. The predicted octanol–water partition coefficient (Wildman–Crippen LogP) is 4.13. The highest BCUT2D eigenvalue weighted by Gasteiger charge is 2.07. The molecule has 0 spiro atoms. The van der Waals surface area contributed by atoms with E-state index in [1.54, 1.807) is 0 Å². The summed E-state index contributed by atoms with van der Waals surface area (Å²) in [4.78, 5) is 2.21. The standard InChI is InChI=1S/C17H28F2N2/c1-14(15-11-16(18)13-17(19)12-15)20-9-7-5-4-6-8-10-21(2)3/h11-14,20H,4-10H2,1-3H3. The normalized spacial score (nSPS) is 12.9. The molecule has 0 aliphatic rings. The summed E-state index contributed by atoms with van der Waals surface area (Å²) in [6.45, 7) is 3.97. The molecule has 0 amide bonds. The molecule has 0 heterocycles. The molecule has 0 saturated carbocycles. The monoisotopic (exact) mass is 298 g/mol. The molecule has 1 aromatic carbocycles. The van der Waals surface area contributed by atoms with Crippen molar-refractivity contribution in [3.8, 4) is 0 Å². The Morgan fingerprint density at radius 3 is 2.14 bits per heavy atom. The summed E-state index contributed by atoms with van der Waals surface area (Å²) >= 11 is 0. The maximum atomic E-state index is 13.1. The molecule has 120 valence electrons. The molecule has 0 fully saturated rings. The smallest absolute Gasteiger partial charge is 0.126 e. The minimum absolute atomic E-state index is 0.0241. The third-order valence-corrected chi connectivity index (χ3v) is 3.62. The molecule has 0 aliphatic heterocycles. The third kappa shape index (κ3) is 8.12. The lowest BCUT2D eigenvalue weighted by Gasteiger charge is -2.14. The summed E-state index contributed by atoms with van der Waals surface area (Å²) in [5.41, 5.74) is 0.665. The van der Waals surface area contributed by atoms with Crippen molar-refractivity contribution < 1.29 is 8.78 Å². The van der Waals surface area contributed by atoms with Gasteiger partial charge in [0.25, 0.3) is 0 Å². The van der Waals surface area contributed by atoms with Crippen molar-refractivity contribution in [2.75, 3.05) is 27.2 Å². The van der Waals surface area contributed by atoms with Crippen molar-refractivity contribution in [1.82, 2.24) is 10.2 Å². The van der Waals surface area contributed by atoms with Crippen molar-refractivity contribution in [1.29, 1.82) is 0 Å². The van der Waals surface area contributed by atoms with E-state index in [1.807, 2.05) is 6.92 Å². The van der Waals surface area contributed by atoms with Crippen LogP contribution in [0.5, 0.6) is 0 Å². The molecule has 2 nitrogen and oxygen atoms in total. The van der Waals surface area contributed by atoms with Crippen LogP contribution in [0.15, 0.2) is 18.2 Å². The quantitative estimate of drug-likeness (QED) is 0.653. The van der Waals surface area contributed by atoms with Crippen molar-refractivity contribution in [3.63, 3.8) is 0 Å². The van der Waals surface area contributed by atoms with Crippen LogP contribution in [0.25, 0.3) is 0 Å². The van der Waals surface area contributed by atoms with Gasteiger partial charge in [-0.05, 0) is 64.6 Å². The van der Waals surface area contributed by atoms with Gasteiger partial charge in [0.2, 0.25) is 0 Å². The Bertz CT molecular complexity index is 388. The zero-order chi connectivity index (χ0) is 15.7. The van der Waals surface area contributed by atoms with E-state index in [0.29, 0.717) is 5.56 Å². The molecular weight excluding hydrogens is 270 g/mol. The van der Waals surface area contributed by atoms with Gasteiger partial charge in [-0.3, -0.25) is 0 Å². The first kappa shape index (κ1) is 18.1. The Balaban J connectivity index is 2.12. The maximum Gasteiger partial charge on any atom is 0.126 e. The van der Waals surface area contributed by atoms with Crippen molar-refractivity contribution in [2.24, 2.45) is 0 Å². The molecule has 1 atom stereocenters. The van der Waals surface area contributed by atoms with Crippen LogP contribution in [0, 0.1) is 11.6 Å². The van der Waals surface area contributed by atoms with Gasteiger partial charge in [-0.25, -0.2) is 8.78 Å². The zero-order valence-electron chi connectivity index (χ0n) is 13.5. The number of nitrogens with zero attached hydrogens (tertiary/aromatic N) is 1. The van der Waals surface area contributed by atoms with Crippen LogP contribution < -0.4 is 5.32 Å². The van der Waals surface area contributed by atoms with Crippen molar-refractivity contribution in [2.45, 2.75) is 45.1 Å². The fourth-order valence-electron chi connectivity index (χ4n) is 2.34. The first-order valence-corrected chi connectivity index (χ1v) is 7.83. The lowest BCUT2D eigenvalue weighted by molar-refractivity contribution is 0.389. The summed E-state index contributed by atoms with van der Waals surface area (Å²) in [5.74, 6) is -1.03. The Morgan fingerprint density at radius 2 is 1.52 bits per heavy atom. The number of unbranched alkanes of at least 4 members (excludes halogenated alkanes) is 4. The van der Waals surface area contributed by atoms with Gasteiger partial charge < -0.3 is 10.2 Å².